The number of amides is 1. The highest BCUT2D eigenvalue weighted by molar-refractivity contribution is 7.13. The molecule has 0 atom stereocenters. The fourth-order valence-electron chi connectivity index (χ4n) is 2.51. The Balaban J connectivity index is 1.70. The molecule has 0 spiro atoms. The van der Waals surface area contributed by atoms with Crippen LogP contribution in [-0.2, 0) is 0 Å². The highest BCUT2D eigenvalue weighted by atomic mass is 32.1. The van der Waals surface area contributed by atoms with Crippen molar-refractivity contribution in [1.82, 2.24) is 20.1 Å². The van der Waals surface area contributed by atoms with Crippen LogP contribution in [0, 0.1) is 0 Å². The van der Waals surface area contributed by atoms with Crippen molar-refractivity contribution >= 4 is 17.2 Å². The highest BCUT2D eigenvalue weighted by Crippen LogP contribution is 2.24. The number of nitrogens with one attached hydrogen (secondary N) is 1. The van der Waals surface area contributed by atoms with Gasteiger partial charge in [0, 0.05) is 29.2 Å². The lowest BCUT2D eigenvalue weighted by molar-refractivity contribution is 0.0938. The highest BCUT2D eigenvalue weighted by Gasteiger charge is 2.22. The Morgan fingerprint density at radius 3 is 2.69 bits per heavy atom. The second-order valence-electron chi connectivity index (χ2n) is 6.30. The quantitative estimate of drug-likeness (QED) is 0.669. The maximum Gasteiger partial charge on any atom is 0.270 e. The van der Waals surface area contributed by atoms with Gasteiger partial charge in [-0.05, 0) is 25.0 Å². The fourth-order valence-corrected chi connectivity index (χ4v) is 3.29. The fraction of sp³-hybridized carbons (Fsp3) is 0.316. The van der Waals surface area contributed by atoms with Gasteiger partial charge < -0.3 is 11.1 Å². The lowest BCUT2D eigenvalue weighted by Crippen LogP contribution is -2.49. The van der Waals surface area contributed by atoms with Gasteiger partial charge >= 0.3 is 0 Å². The van der Waals surface area contributed by atoms with Gasteiger partial charge in [0.2, 0.25) is 0 Å². The molecule has 3 aromatic rings. The Morgan fingerprint density at radius 1 is 1.27 bits per heavy atom. The summed E-state index contributed by atoms with van der Waals surface area (Å²) < 4.78 is 1.79. The van der Waals surface area contributed by atoms with E-state index in [1.165, 1.54) is 11.3 Å². The van der Waals surface area contributed by atoms with Gasteiger partial charge in [-0.2, -0.15) is 5.10 Å². The molecule has 0 fully saturated rings. The molecular weight excluding hydrogens is 346 g/mol. The van der Waals surface area contributed by atoms with Crippen LogP contribution in [-0.4, -0.2) is 32.8 Å². The molecule has 3 rings (SSSR count). The third-order valence-electron chi connectivity index (χ3n) is 4.60. The van der Waals surface area contributed by atoms with Crippen molar-refractivity contribution < 1.29 is 4.79 Å². The number of hydrogen-bond acceptors (Lipinski definition) is 5. The number of thiazole rings is 1. The summed E-state index contributed by atoms with van der Waals surface area (Å²) in [4.78, 5) is 16.8. The number of benzene rings is 1. The summed E-state index contributed by atoms with van der Waals surface area (Å²) in [6.07, 6.45) is 5.29. The number of carbonyl (C=O) groups is 1. The van der Waals surface area contributed by atoms with Crippen LogP contribution in [0.25, 0.3) is 16.3 Å². The minimum atomic E-state index is -0.370. The normalized spacial score (nSPS) is 11.5. The molecule has 6 nitrogen and oxygen atoms in total. The summed E-state index contributed by atoms with van der Waals surface area (Å²) in [6, 6.07) is 9.86. The maximum atomic E-state index is 12.4. The number of hydrogen-bond donors (Lipinski definition) is 2. The van der Waals surface area contributed by atoms with Crippen molar-refractivity contribution in [3.63, 3.8) is 0 Å². The number of carbonyl (C=O) groups excluding carboxylic acids is 1. The molecule has 1 aromatic carbocycles. The molecule has 0 aliphatic heterocycles. The van der Waals surface area contributed by atoms with E-state index >= 15 is 0 Å². The van der Waals surface area contributed by atoms with E-state index in [1.54, 1.807) is 16.3 Å². The van der Waals surface area contributed by atoms with Crippen LogP contribution in [0.15, 0.2) is 48.1 Å². The maximum absolute atomic E-state index is 12.4. The van der Waals surface area contributed by atoms with E-state index in [9.17, 15) is 4.79 Å². The summed E-state index contributed by atoms with van der Waals surface area (Å²) in [5.74, 6) is -0.195. The molecule has 0 radical (unpaired) electrons. The summed E-state index contributed by atoms with van der Waals surface area (Å²) in [5, 5.41) is 9.80. The van der Waals surface area contributed by atoms with Crippen LogP contribution in [0.2, 0.25) is 0 Å². The molecule has 2 heterocycles. The number of nitrogens with two attached hydrogens (primary N) is 1. The van der Waals surface area contributed by atoms with Gasteiger partial charge in [-0.3, -0.25) is 4.79 Å². The summed E-state index contributed by atoms with van der Waals surface area (Å²) in [7, 11) is 0. The molecule has 26 heavy (non-hydrogen) atoms. The molecule has 0 bridgehead atoms. The smallest absolute Gasteiger partial charge is 0.270 e. The summed E-state index contributed by atoms with van der Waals surface area (Å²) >= 11 is 1.43. The monoisotopic (exact) mass is 369 g/mol. The molecule has 0 saturated carbocycles. The zero-order valence-corrected chi connectivity index (χ0v) is 15.8. The van der Waals surface area contributed by atoms with Gasteiger partial charge in [0.05, 0.1) is 11.9 Å². The van der Waals surface area contributed by atoms with Crippen LogP contribution >= 0.6 is 11.3 Å². The second-order valence-corrected chi connectivity index (χ2v) is 7.16. The molecule has 0 aliphatic rings. The number of para-hydroxylation sites is 1. The van der Waals surface area contributed by atoms with Gasteiger partial charge in [0.1, 0.15) is 10.7 Å². The van der Waals surface area contributed by atoms with Crippen molar-refractivity contribution in [1.29, 1.82) is 0 Å². The minimum Gasteiger partial charge on any atom is -0.349 e. The topological polar surface area (TPSA) is 85.8 Å². The van der Waals surface area contributed by atoms with Crippen LogP contribution in [0.5, 0.6) is 0 Å². The van der Waals surface area contributed by atoms with Gasteiger partial charge in [-0.25, -0.2) is 9.67 Å². The van der Waals surface area contributed by atoms with E-state index in [-0.39, 0.29) is 11.4 Å². The summed E-state index contributed by atoms with van der Waals surface area (Å²) in [5.41, 5.74) is 8.13. The predicted octanol–water partition coefficient (Wildman–Crippen LogP) is 3.24. The largest absolute Gasteiger partial charge is 0.349 e. The molecule has 0 aliphatic carbocycles. The second kappa shape index (κ2) is 7.80. The van der Waals surface area contributed by atoms with E-state index in [1.807, 2.05) is 50.4 Å². The molecule has 2 aromatic heterocycles. The van der Waals surface area contributed by atoms with Crippen LogP contribution in [0.4, 0.5) is 0 Å². The molecule has 136 valence electrons. The minimum absolute atomic E-state index is 0.195. The average Bonchev–Trinajstić information content (AvgIpc) is 3.36. The number of aromatic nitrogens is 3. The Hall–Kier alpha value is -2.51. The number of rotatable bonds is 7. The first-order chi connectivity index (χ1) is 12.5. The van der Waals surface area contributed by atoms with Gasteiger partial charge in [-0.1, -0.05) is 32.0 Å². The molecule has 7 heteroatoms. The van der Waals surface area contributed by atoms with Crippen LogP contribution < -0.4 is 11.1 Å². The Morgan fingerprint density at radius 2 is 2.00 bits per heavy atom. The van der Waals surface area contributed by atoms with E-state index in [2.05, 4.69) is 15.4 Å². The van der Waals surface area contributed by atoms with E-state index in [0.29, 0.717) is 12.2 Å². The average molecular weight is 369 g/mol. The molecule has 0 unspecified atom stereocenters. The van der Waals surface area contributed by atoms with Crippen molar-refractivity contribution in [3.05, 3.63) is 53.8 Å². The van der Waals surface area contributed by atoms with Crippen molar-refractivity contribution in [2.45, 2.75) is 32.2 Å². The van der Waals surface area contributed by atoms with Crippen LogP contribution in [0.1, 0.15) is 37.2 Å². The molecule has 3 N–H and O–H groups in total. The van der Waals surface area contributed by atoms with Crippen molar-refractivity contribution in [3.8, 4) is 16.3 Å². The summed E-state index contributed by atoms with van der Waals surface area (Å²) in [6.45, 7) is 4.50. The predicted molar refractivity (Wildman–Crippen MR) is 105 cm³/mol. The number of nitrogens with zero attached hydrogens (tertiary/aromatic N) is 3. The van der Waals surface area contributed by atoms with Crippen molar-refractivity contribution in [2.24, 2.45) is 5.73 Å². The third-order valence-corrected chi connectivity index (χ3v) is 5.49. The van der Waals surface area contributed by atoms with Gasteiger partial charge in [-0.15, -0.1) is 11.3 Å². The van der Waals surface area contributed by atoms with Gasteiger partial charge in [0.25, 0.3) is 5.91 Å². The molecule has 0 saturated heterocycles. The molecular formula is C19H23N5OS. The first-order valence-electron chi connectivity index (χ1n) is 8.67. The molecule has 1 amide bonds. The van der Waals surface area contributed by atoms with E-state index in [4.69, 9.17) is 5.73 Å². The first kappa shape index (κ1) is 18.3. The standard InChI is InChI=1S/C19H23N5OS/c1-3-19(20,4-2)13-21-17(25)16-12-26-18(23-16)14-10-22-24(11-14)15-8-6-5-7-9-15/h5-12H,3-4,13,20H2,1-2H3,(H,21,25). The Bertz CT molecular complexity index is 867. The lowest BCUT2D eigenvalue weighted by atomic mass is 9.94. The van der Waals surface area contributed by atoms with E-state index in [0.717, 1.165) is 29.1 Å². The van der Waals surface area contributed by atoms with Crippen molar-refractivity contribution in [2.75, 3.05) is 6.54 Å². The SMILES string of the molecule is CCC(N)(CC)CNC(=O)c1csc(-c2cnn(-c3ccccc3)c2)n1. The zero-order chi connectivity index (χ0) is 18.6. The van der Waals surface area contributed by atoms with E-state index < -0.39 is 0 Å². The third kappa shape index (κ3) is 4.00. The van der Waals surface area contributed by atoms with Gasteiger partial charge in [0.15, 0.2) is 0 Å². The Labute approximate surface area is 157 Å². The zero-order valence-electron chi connectivity index (χ0n) is 15.0. The van der Waals surface area contributed by atoms with Crippen LogP contribution in [0.3, 0.4) is 0 Å². The Kier molecular flexibility index (Phi) is 5.49. The first-order valence-corrected chi connectivity index (χ1v) is 9.55. The lowest BCUT2D eigenvalue weighted by Gasteiger charge is -2.26.